The van der Waals surface area contributed by atoms with Gasteiger partial charge in [-0.1, -0.05) is 25.9 Å². The fraction of sp³-hybridized carbons (Fsp3) is 0.667. The Morgan fingerprint density at radius 1 is 1.55 bits per heavy atom. The summed E-state index contributed by atoms with van der Waals surface area (Å²) in [4.78, 5) is 0. The van der Waals surface area contributed by atoms with Crippen LogP contribution in [0.3, 0.4) is 0 Å². The molecule has 11 heavy (non-hydrogen) atoms. The van der Waals surface area contributed by atoms with Crippen LogP contribution in [0, 0.1) is 6.92 Å². The highest BCUT2D eigenvalue weighted by atomic mass is 16.5. The highest BCUT2D eigenvalue weighted by Crippen LogP contribution is 2.25. The van der Waals surface area contributed by atoms with E-state index >= 15 is 0 Å². The molecule has 0 saturated heterocycles. The van der Waals surface area contributed by atoms with Gasteiger partial charge in [-0.25, -0.2) is 0 Å². The Kier molecular flexibility index (Phi) is 2.03. The van der Waals surface area contributed by atoms with E-state index in [2.05, 4.69) is 25.9 Å². The number of nitrogens with zero attached hydrogens (tertiary/aromatic N) is 1. The Balaban J connectivity index is 2.92. The van der Waals surface area contributed by atoms with Crippen molar-refractivity contribution in [2.75, 3.05) is 0 Å². The van der Waals surface area contributed by atoms with Gasteiger partial charge in [0.25, 0.3) is 0 Å². The van der Waals surface area contributed by atoms with Gasteiger partial charge in [0.15, 0.2) is 0 Å². The number of aromatic nitrogens is 1. The summed E-state index contributed by atoms with van der Waals surface area (Å²) < 4.78 is 5.00. The molecule has 62 valence electrons. The molecule has 0 aromatic carbocycles. The van der Waals surface area contributed by atoms with Gasteiger partial charge in [0.1, 0.15) is 5.76 Å². The molecule has 0 amide bonds. The highest BCUT2D eigenvalue weighted by molar-refractivity contribution is 5.13. The van der Waals surface area contributed by atoms with E-state index < -0.39 is 0 Å². The van der Waals surface area contributed by atoms with Crippen molar-refractivity contribution in [2.45, 2.75) is 39.5 Å². The molecule has 1 rings (SSSR count). The predicted octanol–water partition coefficient (Wildman–Crippen LogP) is 2.67. The van der Waals surface area contributed by atoms with E-state index in [0.717, 1.165) is 17.9 Å². The fourth-order valence-electron chi connectivity index (χ4n) is 0.866. The summed E-state index contributed by atoms with van der Waals surface area (Å²) in [5, 5.41) is 3.98. The summed E-state index contributed by atoms with van der Waals surface area (Å²) in [6.07, 6.45) is 1.08. The largest absolute Gasteiger partial charge is 0.361 e. The van der Waals surface area contributed by atoms with Crippen LogP contribution in [0.15, 0.2) is 10.6 Å². The van der Waals surface area contributed by atoms with Gasteiger partial charge >= 0.3 is 0 Å². The van der Waals surface area contributed by atoms with E-state index in [1.807, 2.05) is 13.0 Å². The maximum absolute atomic E-state index is 5.00. The lowest BCUT2D eigenvalue weighted by Gasteiger charge is -2.18. The quantitative estimate of drug-likeness (QED) is 0.652. The Morgan fingerprint density at radius 2 is 2.18 bits per heavy atom. The van der Waals surface area contributed by atoms with E-state index in [9.17, 15) is 0 Å². The Morgan fingerprint density at radius 3 is 2.55 bits per heavy atom. The summed E-state index contributed by atoms with van der Waals surface area (Å²) in [6.45, 7) is 8.42. The minimum atomic E-state index is 0.151. The minimum absolute atomic E-state index is 0.151. The van der Waals surface area contributed by atoms with Crippen molar-refractivity contribution in [3.8, 4) is 0 Å². The topological polar surface area (TPSA) is 26.0 Å². The van der Waals surface area contributed by atoms with Crippen LogP contribution in [0.1, 0.15) is 38.6 Å². The maximum Gasteiger partial charge on any atom is 0.133 e. The molecule has 0 bridgehead atoms. The summed E-state index contributed by atoms with van der Waals surface area (Å²) in [6, 6.07) is 2.00. The van der Waals surface area contributed by atoms with Crippen LogP contribution in [-0.2, 0) is 5.41 Å². The van der Waals surface area contributed by atoms with Crippen LogP contribution < -0.4 is 0 Å². The molecule has 0 aliphatic rings. The lowest BCUT2D eigenvalue weighted by atomic mass is 9.86. The molecule has 1 heterocycles. The summed E-state index contributed by atoms with van der Waals surface area (Å²) in [7, 11) is 0. The van der Waals surface area contributed by atoms with Crippen LogP contribution in [0.2, 0.25) is 0 Å². The second-order valence-electron chi connectivity index (χ2n) is 3.56. The first kappa shape index (κ1) is 8.31. The van der Waals surface area contributed by atoms with Gasteiger partial charge in [-0.15, -0.1) is 0 Å². The monoisotopic (exact) mass is 153 g/mol. The normalized spacial score (nSPS) is 12.0. The minimum Gasteiger partial charge on any atom is -0.361 e. The van der Waals surface area contributed by atoms with Gasteiger partial charge in [0.05, 0.1) is 5.69 Å². The molecule has 0 aliphatic carbocycles. The number of hydrogen-bond donors (Lipinski definition) is 0. The van der Waals surface area contributed by atoms with Crippen molar-refractivity contribution in [2.24, 2.45) is 0 Å². The first-order chi connectivity index (χ1) is 5.06. The van der Waals surface area contributed by atoms with Crippen molar-refractivity contribution in [1.82, 2.24) is 5.16 Å². The van der Waals surface area contributed by atoms with Crippen molar-refractivity contribution in [3.05, 3.63) is 17.5 Å². The Labute approximate surface area is 67.6 Å². The summed E-state index contributed by atoms with van der Waals surface area (Å²) in [5.41, 5.74) is 1.20. The Hall–Kier alpha value is -0.790. The smallest absolute Gasteiger partial charge is 0.133 e. The average molecular weight is 153 g/mol. The van der Waals surface area contributed by atoms with E-state index in [1.165, 1.54) is 0 Å². The van der Waals surface area contributed by atoms with Crippen molar-refractivity contribution in [1.29, 1.82) is 0 Å². The molecule has 0 aliphatic heterocycles. The zero-order valence-corrected chi connectivity index (χ0v) is 7.64. The van der Waals surface area contributed by atoms with Crippen LogP contribution in [-0.4, -0.2) is 5.16 Å². The van der Waals surface area contributed by atoms with Gasteiger partial charge < -0.3 is 4.52 Å². The molecular weight excluding hydrogens is 138 g/mol. The standard InChI is InChI=1S/C9H15NO/c1-5-9(3,4)8-6-7(2)11-10-8/h6H,5H2,1-4H3. The number of aryl methyl sites for hydroxylation is 1. The summed E-state index contributed by atoms with van der Waals surface area (Å²) >= 11 is 0. The van der Waals surface area contributed by atoms with Crippen molar-refractivity contribution >= 4 is 0 Å². The van der Waals surface area contributed by atoms with Gasteiger partial charge in [0, 0.05) is 11.5 Å². The third-order valence-corrected chi connectivity index (χ3v) is 2.21. The summed E-state index contributed by atoms with van der Waals surface area (Å²) in [5.74, 6) is 0.890. The van der Waals surface area contributed by atoms with Gasteiger partial charge in [-0.2, -0.15) is 0 Å². The molecule has 0 spiro atoms. The van der Waals surface area contributed by atoms with Crippen LogP contribution >= 0.6 is 0 Å². The van der Waals surface area contributed by atoms with E-state index in [0.29, 0.717) is 0 Å². The van der Waals surface area contributed by atoms with Crippen molar-refractivity contribution in [3.63, 3.8) is 0 Å². The zero-order chi connectivity index (χ0) is 8.48. The van der Waals surface area contributed by atoms with Crippen LogP contribution in [0.4, 0.5) is 0 Å². The second-order valence-corrected chi connectivity index (χ2v) is 3.56. The highest BCUT2D eigenvalue weighted by Gasteiger charge is 2.21. The molecule has 1 aromatic heterocycles. The molecule has 0 unspecified atom stereocenters. The Bertz CT molecular complexity index is 237. The molecule has 2 nitrogen and oxygen atoms in total. The molecular formula is C9H15NO. The first-order valence-corrected chi connectivity index (χ1v) is 4.00. The fourth-order valence-corrected chi connectivity index (χ4v) is 0.866. The van der Waals surface area contributed by atoms with Crippen LogP contribution in [0.25, 0.3) is 0 Å². The molecule has 2 heteroatoms. The maximum atomic E-state index is 5.00. The molecule has 0 fully saturated rings. The molecule has 0 atom stereocenters. The molecule has 0 saturated carbocycles. The van der Waals surface area contributed by atoms with E-state index in [4.69, 9.17) is 4.52 Å². The van der Waals surface area contributed by atoms with Gasteiger partial charge in [-0.3, -0.25) is 0 Å². The predicted molar refractivity (Wildman–Crippen MR) is 44.6 cm³/mol. The van der Waals surface area contributed by atoms with Crippen molar-refractivity contribution < 1.29 is 4.52 Å². The third kappa shape index (κ3) is 1.62. The second kappa shape index (κ2) is 2.68. The molecule has 0 N–H and O–H groups in total. The average Bonchev–Trinajstić information content (AvgIpc) is 2.36. The van der Waals surface area contributed by atoms with Gasteiger partial charge in [-0.05, 0) is 13.3 Å². The first-order valence-electron chi connectivity index (χ1n) is 4.00. The lowest BCUT2D eigenvalue weighted by molar-refractivity contribution is 0.366. The lowest BCUT2D eigenvalue weighted by Crippen LogP contribution is -2.15. The molecule has 1 aromatic rings. The van der Waals surface area contributed by atoms with Gasteiger partial charge in [0.2, 0.25) is 0 Å². The van der Waals surface area contributed by atoms with E-state index in [-0.39, 0.29) is 5.41 Å². The molecule has 0 radical (unpaired) electrons. The van der Waals surface area contributed by atoms with Crippen LogP contribution in [0.5, 0.6) is 0 Å². The number of rotatable bonds is 2. The SMILES string of the molecule is CCC(C)(C)c1cc(C)on1. The third-order valence-electron chi connectivity index (χ3n) is 2.21. The van der Waals surface area contributed by atoms with E-state index in [1.54, 1.807) is 0 Å². The number of hydrogen-bond acceptors (Lipinski definition) is 2. The zero-order valence-electron chi connectivity index (χ0n) is 7.64.